The minimum atomic E-state index is 0.125. The van der Waals surface area contributed by atoms with Gasteiger partial charge in [-0.1, -0.05) is 0 Å². The zero-order valence-corrected chi connectivity index (χ0v) is 17.1. The minimum absolute atomic E-state index is 0.125. The van der Waals surface area contributed by atoms with Crippen LogP contribution in [0, 0.1) is 25.7 Å². The van der Waals surface area contributed by atoms with Crippen molar-refractivity contribution in [3.05, 3.63) is 16.8 Å². The predicted octanol–water partition coefficient (Wildman–Crippen LogP) is 2.64. The van der Waals surface area contributed by atoms with E-state index in [1.54, 1.807) is 17.7 Å². The maximum atomic E-state index is 12.6. The summed E-state index contributed by atoms with van der Waals surface area (Å²) in [6.07, 6.45) is 5.89. The van der Waals surface area contributed by atoms with E-state index in [-0.39, 0.29) is 11.8 Å². The van der Waals surface area contributed by atoms with E-state index >= 15 is 0 Å². The molecule has 6 nitrogen and oxygen atoms in total. The maximum absolute atomic E-state index is 12.6. The third-order valence-corrected chi connectivity index (χ3v) is 7.19. The third-order valence-electron chi connectivity index (χ3n) is 6.07. The van der Waals surface area contributed by atoms with Gasteiger partial charge in [0.25, 0.3) is 0 Å². The lowest BCUT2D eigenvalue weighted by atomic mass is 9.94. The average Bonchev–Trinajstić information content (AvgIpc) is 3.01. The predicted molar refractivity (Wildman–Crippen MR) is 110 cm³/mol. The number of anilines is 1. The van der Waals surface area contributed by atoms with Crippen LogP contribution >= 0.6 is 11.3 Å². The molecule has 0 spiro atoms. The fourth-order valence-corrected chi connectivity index (χ4v) is 5.24. The number of thiophene rings is 1. The number of rotatable bonds is 4. The van der Waals surface area contributed by atoms with Gasteiger partial charge in [-0.15, -0.1) is 11.3 Å². The quantitative estimate of drug-likeness (QED) is 0.844. The van der Waals surface area contributed by atoms with Crippen molar-refractivity contribution in [2.75, 3.05) is 37.6 Å². The van der Waals surface area contributed by atoms with Crippen LogP contribution in [0.4, 0.5) is 5.82 Å². The lowest BCUT2D eigenvalue weighted by molar-refractivity contribution is -0.125. The molecule has 0 bridgehead atoms. The third kappa shape index (κ3) is 3.94. The molecule has 2 aromatic rings. The molecule has 1 unspecified atom stereocenters. The molecule has 2 saturated heterocycles. The van der Waals surface area contributed by atoms with Gasteiger partial charge in [-0.05, 0) is 64.1 Å². The van der Waals surface area contributed by atoms with Crippen molar-refractivity contribution in [2.24, 2.45) is 11.8 Å². The van der Waals surface area contributed by atoms with E-state index in [2.05, 4.69) is 39.3 Å². The minimum Gasteiger partial charge on any atom is -0.356 e. The van der Waals surface area contributed by atoms with Gasteiger partial charge in [0, 0.05) is 30.4 Å². The number of nitrogens with zero attached hydrogens (tertiary/aromatic N) is 3. The van der Waals surface area contributed by atoms with Gasteiger partial charge in [0.15, 0.2) is 0 Å². The molecule has 2 aliphatic rings. The Bertz CT molecular complexity index is 806. The molecule has 4 rings (SSSR count). The highest BCUT2D eigenvalue weighted by Gasteiger charge is 2.27. The average molecular weight is 388 g/mol. The van der Waals surface area contributed by atoms with Crippen LogP contribution in [0.25, 0.3) is 10.2 Å². The lowest BCUT2D eigenvalue weighted by Gasteiger charge is -2.33. The highest BCUT2D eigenvalue weighted by molar-refractivity contribution is 7.18. The summed E-state index contributed by atoms with van der Waals surface area (Å²) in [4.78, 5) is 26.3. The van der Waals surface area contributed by atoms with Crippen LogP contribution in [0.5, 0.6) is 0 Å². The molecule has 0 radical (unpaired) electrons. The van der Waals surface area contributed by atoms with Crippen LogP contribution in [0.3, 0.4) is 0 Å². The SMILES string of the molecule is Cc1sc2ncnc(N3CCC(C(=O)NCC4CCCNC4)CC3)c2c1C. The van der Waals surface area contributed by atoms with Crippen molar-refractivity contribution in [1.82, 2.24) is 20.6 Å². The molecule has 0 aliphatic carbocycles. The van der Waals surface area contributed by atoms with Crippen molar-refractivity contribution in [3.8, 4) is 0 Å². The first-order chi connectivity index (χ1) is 13.1. The molecule has 2 aromatic heterocycles. The van der Waals surface area contributed by atoms with Crippen LogP contribution in [-0.4, -0.2) is 48.6 Å². The van der Waals surface area contributed by atoms with Crippen molar-refractivity contribution >= 4 is 33.3 Å². The summed E-state index contributed by atoms with van der Waals surface area (Å²) in [6.45, 7) is 9.01. The Balaban J connectivity index is 1.35. The van der Waals surface area contributed by atoms with Crippen LogP contribution in [-0.2, 0) is 4.79 Å². The summed E-state index contributed by atoms with van der Waals surface area (Å²) >= 11 is 1.74. The van der Waals surface area contributed by atoms with E-state index in [4.69, 9.17) is 0 Å². The monoisotopic (exact) mass is 387 g/mol. The maximum Gasteiger partial charge on any atom is 0.223 e. The number of hydrogen-bond donors (Lipinski definition) is 2. The molecule has 2 N–H and O–H groups in total. The summed E-state index contributed by atoms with van der Waals surface area (Å²) in [6, 6.07) is 0. The van der Waals surface area contributed by atoms with Crippen LogP contribution in [0.15, 0.2) is 6.33 Å². The molecule has 0 saturated carbocycles. The van der Waals surface area contributed by atoms with Crippen molar-refractivity contribution in [2.45, 2.75) is 39.5 Å². The Morgan fingerprint density at radius 2 is 2.11 bits per heavy atom. The molecule has 146 valence electrons. The zero-order valence-electron chi connectivity index (χ0n) is 16.3. The number of piperidine rings is 2. The first kappa shape index (κ1) is 18.6. The number of aryl methyl sites for hydroxylation is 2. The second kappa shape index (κ2) is 8.10. The summed E-state index contributed by atoms with van der Waals surface area (Å²) in [7, 11) is 0. The Morgan fingerprint density at radius 3 is 2.85 bits per heavy atom. The fourth-order valence-electron chi connectivity index (χ4n) is 4.24. The van der Waals surface area contributed by atoms with E-state index in [1.165, 1.54) is 28.7 Å². The first-order valence-corrected chi connectivity index (χ1v) is 10.9. The Kier molecular flexibility index (Phi) is 5.59. The van der Waals surface area contributed by atoms with Gasteiger partial charge in [0.05, 0.1) is 5.39 Å². The van der Waals surface area contributed by atoms with Crippen molar-refractivity contribution in [3.63, 3.8) is 0 Å². The Hall–Kier alpha value is -1.73. The van der Waals surface area contributed by atoms with Gasteiger partial charge in [0.2, 0.25) is 5.91 Å². The lowest BCUT2D eigenvalue weighted by Crippen LogP contribution is -2.43. The summed E-state index contributed by atoms with van der Waals surface area (Å²) in [5, 5.41) is 7.80. The molecule has 2 fully saturated rings. The molecule has 4 heterocycles. The Labute approximate surface area is 164 Å². The largest absolute Gasteiger partial charge is 0.356 e. The van der Waals surface area contributed by atoms with Crippen molar-refractivity contribution < 1.29 is 4.79 Å². The number of fused-ring (bicyclic) bond motifs is 1. The summed E-state index contributed by atoms with van der Waals surface area (Å²) in [5.74, 6) is 1.98. The number of carbonyl (C=O) groups is 1. The smallest absolute Gasteiger partial charge is 0.223 e. The molecule has 0 aromatic carbocycles. The number of carbonyl (C=O) groups excluding carboxylic acids is 1. The highest BCUT2D eigenvalue weighted by Crippen LogP contribution is 2.35. The van der Waals surface area contributed by atoms with E-state index < -0.39 is 0 Å². The van der Waals surface area contributed by atoms with Gasteiger partial charge in [-0.3, -0.25) is 4.79 Å². The van der Waals surface area contributed by atoms with Crippen LogP contribution < -0.4 is 15.5 Å². The normalized spacial score (nSPS) is 21.6. The molecular formula is C20H29N5OS. The number of nitrogens with one attached hydrogen (secondary N) is 2. The number of amides is 1. The molecule has 7 heteroatoms. The second-order valence-corrected chi connectivity index (χ2v) is 9.08. The van der Waals surface area contributed by atoms with Crippen molar-refractivity contribution in [1.29, 1.82) is 0 Å². The van der Waals surface area contributed by atoms with E-state index in [0.29, 0.717) is 5.92 Å². The zero-order chi connectivity index (χ0) is 18.8. The highest BCUT2D eigenvalue weighted by atomic mass is 32.1. The number of hydrogen-bond acceptors (Lipinski definition) is 6. The van der Waals surface area contributed by atoms with E-state index in [1.807, 2.05) is 0 Å². The van der Waals surface area contributed by atoms with E-state index in [9.17, 15) is 4.79 Å². The summed E-state index contributed by atoms with van der Waals surface area (Å²) < 4.78 is 0. The molecule has 27 heavy (non-hydrogen) atoms. The first-order valence-electron chi connectivity index (χ1n) is 10.1. The molecule has 1 atom stereocenters. The van der Waals surface area contributed by atoms with Gasteiger partial charge >= 0.3 is 0 Å². The second-order valence-electron chi connectivity index (χ2n) is 7.88. The number of aromatic nitrogens is 2. The molecular weight excluding hydrogens is 358 g/mol. The van der Waals surface area contributed by atoms with Gasteiger partial charge in [-0.2, -0.15) is 0 Å². The fraction of sp³-hybridized carbons (Fsp3) is 0.650. The van der Waals surface area contributed by atoms with Crippen LogP contribution in [0.1, 0.15) is 36.1 Å². The summed E-state index contributed by atoms with van der Waals surface area (Å²) in [5.41, 5.74) is 1.28. The van der Waals surface area contributed by atoms with Crippen LogP contribution in [0.2, 0.25) is 0 Å². The van der Waals surface area contributed by atoms with Gasteiger partial charge in [0.1, 0.15) is 17.0 Å². The Morgan fingerprint density at radius 1 is 1.30 bits per heavy atom. The topological polar surface area (TPSA) is 70.2 Å². The van der Waals surface area contributed by atoms with E-state index in [0.717, 1.165) is 56.2 Å². The molecule has 2 aliphatic heterocycles. The van der Waals surface area contributed by atoms with Gasteiger partial charge < -0.3 is 15.5 Å². The van der Waals surface area contributed by atoms with Gasteiger partial charge in [-0.25, -0.2) is 9.97 Å². The standard InChI is InChI=1S/C20H29N5OS/c1-13-14(2)27-20-17(13)18(23-12-24-20)25-8-5-16(6-9-25)19(26)22-11-15-4-3-7-21-10-15/h12,15-16,21H,3-11H2,1-2H3,(H,22,26). The molecule has 1 amide bonds.